The molecule has 1 N–H and O–H groups in total. The molecule has 0 saturated heterocycles. The number of anilines is 1. The monoisotopic (exact) mass is 422 g/mol. The van der Waals surface area contributed by atoms with E-state index in [9.17, 15) is 13.2 Å². The maximum Gasteiger partial charge on any atom is 0.258 e. The average molecular weight is 423 g/mol. The van der Waals surface area contributed by atoms with Gasteiger partial charge in [0.15, 0.2) is 0 Å². The lowest BCUT2D eigenvalue weighted by molar-refractivity contribution is 0.0989. The van der Waals surface area contributed by atoms with Crippen molar-refractivity contribution in [3.05, 3.63) is 89.5 Å². The number of amides is 1. The maximum absolute atomic E-state index is 12.9. The molecule has 1 amide bonds. The number of rotatable bonds is 6. The van der Waals surface area contributed by atoms with Gasteiger partial charge in [0.1, 0.15) is 5.75 Å². The molecule has 0 spiro atoms. The van der Waals surface area contributed by atoms with Crippen LogP contribution in [0, 0.1) is 0 Å². The molecule has 6 nitrogen and oxygen atoms in total. The zero-order valence-electron chi connectivity index (χ0n) is 16.5. The van der Waals surface area contributed by atoms with E-state index in [1.807, 2.05) is 24.3 Å². The van der Waals surface area contributed by atoms with Crippen LogP contribution in [0.5, 0.6) is 5.75 Å². The number of nitrogens with zero attached hydrogens (tertiary/aromatic N) is 1. The molecule has 4 rings (SSSR count). The number of fused-ring (bicyclic) bond motifs is 1. The van der Waals surface area contributed by atoms with Gasteiger partial charge in [-0.2, -0.15) is 0 Å². The number of carbonyl (C=O) groups is 1. The zero-order chi connectivity index (χ0) is 21.1. The Morgan fingerprint density at radius 3 is 2.40 bits per heavy atom. The van der Waals surface area contributed by atoms with Crippen molar-refractivity contribution in [2.75, 3.05) is 18.6 Å². The van der Waals surface area contributed by atoms with E-state index in [-0.39, 0.29) is 17.3 Å². The second-order valence-corrected chi connectivity index (χ2v) is 8.80. The van der Waals surface area contributed by atoms with Crippen molar-refractivity contribution in [2.45, 2.75) is 17.9 Å². The molecule has 0 unspecified atom stereocenters. The van der Waals surface area contributed by atoms with Crippen molar-refractivity contribution >= 4 is 21.6 Å². The van der Waals surface area contributed by atoms with Gasteiger partial charge in [-0.1, -0.05) is 30.3 Å². The molecule has 154 valence electrons. The third-order valence-corrected chi connectivity index (χ3v) is 6.59. The third-order valence-electron chi connectivity index (χ3n) is 5.17. The lowest BCUT2D eigenvalue weighted by Gasteiger charge is -2.17. The quantitative estimate of drug-likeness (QED) is 0.661. The van der Waals surface area contributed by atoms with Crippen LogP contribution in [-0.2, 0) is 23.0 Å². The Hall–Kier alpha value is -3.16. The number of hydrogen-bond acceptors (Lipinski definition) is 4. The van der Waals surface area contributed by atoms with Gasteiger partial charge in [-0.3, -0.25) is 4.79 Å². The summed E-state index contributed by atoms with van der Waals surface area (Å²) in [5, 5.41) is 0. The van der Waals surface area contributed by atoms with Gasteiger partial charge in [0.25, 0.3) is 5.91 Å². The molecule has 0 radical (unpaired) electrons. The van der Waals surface area contributed by atoms with Crippen LogP contribution in [0.4, 0.5) is 5.69 Å². The first-order valence-electron chi connectivity index (χ1n) is 9.60. The highest BCUT2D eigenvalue weighted by molar-refractivity contribution is 7.89. The van der Waals surface area contributed by atoms with Gasteiger partial charge in [0.05, 0.1) is 12.0 Å². The summed E-state index contributed by atoms with van der Waals surface area (Å²) in [7, 11) is -2.11. The highest BCUT2D eigenvalue weighted by Crippen LogP contribution is 2.28. The van der Waals surface area contributed by atoms with Crippen molar-refractivity contribution in [2.24, 2.45) is 0 Å². The normalized spacial score (nSPS) is 13.2. The van der Waals surface area contributed by atoms with E-state index in [0.29, 0.717) is 17.9 Å². The fourth-order valence-corrected chi connectivity index (χ4v) is 4.50. The van der Waals surface area contributed by atoms with Crippen LogP contribution in [0.3, 0.4) is 0 Å². The summed E-state index contributed by atoms with van der Waals surface area (Å²) in [6.07, 6.45) is 0.854. The fourth-order valence-electron chi connectivity index (χ4n) is 3.49. The first-order valence-corrected chi connectivity index (χ1v) is 11.1. The maximum atomic E-state index is 12.9. The fraction of sp³-hybridized carbons (Fsp3) is 0.174. The van der Waals surface area contributed by atoms with E-state index >= 15 is 0 Å². The second-order valence-electron chi connectivity index (χ2n) is 7.03. The van der Waals surface area contributed by atoms with Gasteiger partial charge in [-0.25, -0.2) is 13.1 Å². The van der Waals surface area contributed by atoms with Crippen LogP contribution in [-0.4, -0.2) is 28.0 Å². The molecule has 0 saturated carbocycles. The Morgan fingerprint density at radius 2 is 1.70 bits per heavy atom. The standard InChI is InChI=1S/C23H22N2O4S/c1-29-20-10-12-21(13-11-20)30(27,28)24-16-17-6-8-19(9-7-17)23(26)25-15-14-18-4-2-3-5-22(18)25/h2-13,24H,14-16H2,1H3. The molecule has 0 aromatic heterocycles. The molecule has 0 atom stereocenters. The van der Waals surface area contributed by atoms with E-state index in [1.165, 1.54) is 24.8 Å². The van der Waals surface area contributed by atoms with Crippen LogP contribution in [0.15, 0.2) is 77.7 Å². The SMILES string of the molecule is COc1ccc(S(=O)(=O)NCc2ccc(C(=O)N3CCc4ccccc43)cc2)cc1. The van der Waals surface area contributed by atoms with Crippen LogP contribution in [0.25, 0.3) is 0 Å². The van der Waals surface area contributed by atoms with Gasteiger partial charge >= 0.3 is 0 Å². The van der Waals surface area contributed by atoms with E-state index in [1.54, 1.807) is 41.3 Å². The Balaban J connectivity index is 1.42. The molecule has 7 heteroatoms. The Bertz CT molecular complexity index is 1160. The molecule has 0 fully saturated rings. The lowest BCUT2D eigenvalue weighted by Crippen LogP contribution is -2.28. The predicted molar refractivity (Wildman–Crippen MR) is 115 cm³/mol. The highest BCUT2D eigenvalue weighted by atomic mass is 32.2. The summed E-state index contributed by atoms with van der Waals surface area (Å²) >= 11 is 0. The first-order chi connectivity index (χ1) is 14.5. The van der Waals surface area contributed by atoms with E-state index in [4.69, 9.17) is 4.74 Å². The van der Waals surface area contributed by atoms with Gasteiger partial charge < -0.3 is 9.64 Å². The molecule has 1 heterocycles. The van der Waals surface area contributed by atoms with Crippen LogP contribution < -0.4 is 14.4 Å². The van der Waals surface area contributed by atoms with Gasteiger partial charge in [0.2, 0.25) is 10.0 Å². The summed E-state index contributed by atoms with van der Waals surface area (Å²) < 4.78 is 32.6. The van der Waals surface area contributed by atoms with Crippen molar-refractivity contribution < 1.29 is 17.9 Å². The minimum absolute atomic E-state index is 0.0506. The minimum Gasteiger partial charge on any atom is -0.497 e. The minimum atomic E-state index is -3.64. The molecule has 0 aliphatic carbocycles. The summed E-state index contributed by atoms with van der Waals surface area (Å²) in [6.45, 7) is 0.803. The summed E-state index contributed by atoms with van der Waals surface area (Å²) in [5.41, 5.74) is 3.48. The lowest BCUT2D eigenvalue weighted by atomic mass is 10.1. The summed E-state index contributed by atoms with van der Waals surface area (Å²) in [6, 6.07) is 21.1. The first kappa shape index (κ1) is 20.1. The van der Waals surface area contributed by atoms with E-state index in [0.717, 1.165) is 17.7 Å². The van der Waals surface area contributed by atoms with E-state index in [2.05, 4.69) is 4.72 Å². The van der Waals surface area contributed by atoms with Crippen LogP contribution >= 0.6 is 0 Å². The number of para-hydroxylation sites is 1. The number of nitrogens with one attached hydrogen (secondary N) is 1. The molecule has 3 aromatic carbocycles. The summed E-state index contributed by atoms with van der Waals surface area (Å²) in [5.74, 6) is 0.542. The molecular formula is C23H22N2O4S. The number of methoxy groups -OCH3 is 1. The molecular weight excluding hydrogens is 400 g/mol. The van der Waals surface area contributed by atoms with Crippen LogP contribution in [0.1, 0.15) is 21.5 Å². The topological polar surface area (TPSA) is 75.7 Å². The third kappa shape index (κ3) is 4.08. The molecule has 1 aliphatic heterocycles. The summed E-state index contributed by atoms with van der Waals surface area (Å²) in [4.78, 5) is 14.8. The largest absolute Gasteiger partial charge is 0.497 e. The molecule has 1 aliphatic rings. The number of hydrogen-bond donors (Lipinski definition) is 1. The van der Waals surface area contributed by atoms with E-state index < -0.39 is 10.0 Å². The number of ether oxygens (including phenoxy) is 1. The van der Waals surface area contributed by atoms with Crippen molar-refractivity contribution in [3.8, 4) is 5.75 Å². The van der Waals surface area contributed by atoms with Crippen molar-refractivity contribution in [3.63, 3.8) is 0 Å². The smallest absolute Gasteiger partial charge is 0.258 e. The van der Waals surface area contributed by atoms with Crippen LogP contribution in [0.2, 0.25) is 0 Å². The Labute approximate surface area is 176 Å². The molecule has 30 heavy (non-hydrogen) atoms. The Kier molecular flexibility index (Phi) is 5.57. The second kappa shape index (κ2) is 8.30. The van der Waals surface area contributed by atoms with Crippen molar-refractivity contribution in [1.82, 2.24) is 4.72 Å². The Morgan fingerprint density at radius 1 is 1.00 bits per heavy atom. The highest BCUT2D eigenvalue weighted by Gasteiger charge is 2.25. The zero-order valence-corrected chi connectivity index (χ0v) is 17.4. The number of carbonyl (C=O) groups excluding carboxylic acids is 1. The number of sulfonamides is 1. The predicted octanol–water partition coefficient (Wildman–Crippen LogP) is 3.38. The van der Waals surface area contributed by atoms with Crippen molar-refractivity contribution in [1.29, 1.82) is 0 Å². The molecule has 3 aromatic rings. The molecule has 0 bridgehead atoms. The number of benzene rings is 3. The van der Waals surface area contributed by atoms with Gasteiger partial charge in [0, 0.05) is 24.3 Å². The van der Waals surface area contributed by atoms with Gasteiger partial charge in [-0.05, 0) is 60.0 Å². The average Bonchev–Trinajstić information content (AvgIpc) is 3.22. The van der Waals surface area contributed by atoms with Gasteiger partial charge in [-0.15, -0.1) is 0 Å².